The van der Waals surface area contributed by atoms with Crippen molar-refractivity contribution in [1.29, 1.82) is 0 Å². The highest BCUT2D eigenvalue weighted by Gasteiger charge is 2.36. The van der Waals surface area contributed by atoms with Crippen molar-refractivity contribution >= 4 is 29.4 Å². The Morgan fingerprint density at radius 3 is 2.43 bits per heavy atom. The van der Waals surface area contributed by atoms with Gasteiger partial charge in [0, 0.05) is 25.9 Å². The van der Waals surface area contributed by atoms with Gasteiger partial charge in [0.05, 0.1) is 6.04 Å². The number of hydrogen-bond acceptors (Lipinski definition) is 6. The maximum absolute atomic E-state index is 13.6. The lowest BCUT2D eigenvalue weighted by Gasteiger charge is -2.24. The van der Waals surface area contributed by atoms with Crippen LogP contribution >= 0.6 is 0 Å². The third-order valence-corrected chi connectivity index (χ3v) is 5.15. The fourth-order valence-corrected chi connectivity index (χ4v) is 3.40. The molecule has 1 aliphatic heterocycles. The van der Waals surface area contributed by atoms with Gasteiger partial charge in [0.2, 0.25) is 11.8 Å². The summed E-state index contributed by atoms with van der Waals surface area (Å²) < 4.78 is 54.4. The SMILES string of the molecule is CNC(=O)C(=O)N[C@@H](Cc1cccc(F)c1)C(=O)N[C@@H](C[C@@H]1CCNC1=O)C(=O)COC(F)(F)F. The molecule has 1 aliphatic rings. The molecule has 1 saturated heterocycles. The van der Waals surface area contributed by atoms with Crippen molar-refractivity contribution in [3.8, 4) is 0 Å². The molecule has 1 aromatic rings. The first-order valence-electron chi connectivity index (χ1n) is 10.5. The number of ketones is 1. The molecule has 0 radical (unpaired) electrons. The minimum atomic E-state index is -5.10. The molecule has 35 heavy (non-hydrogen) atoms. The number of nitrogens with one attached hydrogen (secondary N) is 4. The molecule has 0 unspecified atom stereocenters. The number of likely N-dealkylation sites (N-methyl/N-ethyl adjacent to an activating group) is 1. The summed E-state index contributed by atoms with van der Waals surface area (Å²) in [6, 6.07) is 1.94. The number of ether oxygens (including phenoxy) is 1. The summed E-state index contributed by atoms with van der Waals surface area (Å²) in [6.45, 7) is -1.12. The summed E-state index contributed by atoms with van der Waals surface area (Å²) in [6.07, 6.45) is -5.43. The normalized spacial score (nSPS) is 17.2. The number of hydrogen-bond donors (Lipinski definition) is 4. The zero-order valence-corrected chi connectivity index (χ0v) is 18.5. The van der Waals surface area contributed by atoms with E-state index in [1.165, 1.54) is 19.2 Å². The average molecular weight is 504 g/mol. The van der Waals surface area contributed by atoms with Gasteiger partial charge in [0.1, 0.15) is 18.5 Å². The molecular weight excluding hydrogens is 480 g/mol. The summed E-state index contributed by atoms with van der Waals surface area (Å²) in [4.78, 5) is 61.0. The highest BCUT2D eigenvalue weighted by molar-refractivity contribution is 6.35. The number of benzene rings is 1. The van der Waals surface area contributed by atoms with Gasteiger partial charge < -0.3 is 21.3 Å². The molecule has 0 saturated carbocycles. The third kappa shape index (κ3) is 8.96. The number of halogens is 4. The van der Waals surface area contributed by atoms with E-state index < -0.39 is 66.2 Å². The molecule has 1 heterocycles. The highest BCUT2D eigenvalue weighted by Crippen LogP contribution is 2.19. The summed E-state index contributed by atoms with van der Waals surface area (Å²) in [5.74, 6) is -6.30. The first-order valence-corrected chi connectivity index (χ1v) is 10.5. The van der Waals surface area contributed by atoms with Crippen LogP contribution in [0.2, 0.25) is 0 Å². The molecule has 0 bridgehead atoms. The number of carbonyl (C=O) groups excluding carboxylic acids is 5. The Morgan fingerprint density at radius 1 is 1.14 bits per heavy atom. The van der Waals surface area contributed by atoms with Crippen molar-refractivity contribution in [3.05, 3.63) is 35.6 Å². The molecule has 14 heteroatoms. The molecule has 1 aromatic carbocycles. The fraction of sp³-hybridized carbons (Fsp3) is 0.476. The zero-order valence-electron chi connectivity index (χ0n) is 18.5. The van der Waals surface area contributed by atoms with Crippen LogP contribution in [0.5, 0.6) is 0 Å². The van der Waals surface area contributed by atoms with E-state index in [-0.39, 0.29) is 18.4 Å². The van der Waals surface area contributed by atoms with Gasteiger partial charge in [-0.1, -0.05) is 12.1 Å². The second kappa shape index (κ2) is 12.2. The topological polar surface area (TPSA) is 143 Å². The van der Waals surface area contributed by atoms with E-state index in [4.69, 9.17) is 0 Å². The Morgan fingerprint density at radius 2 is 1.86 bits per heavy atom. The molecule has 4 N–H and O–H groups in total. The highest BCUT2D eigenvalue weighted by atomic mass is 19.4. The second-order valence-corrected chi connectivity index (χ2v) is 7.71. The number of alkyl halides is 3. The summed E-state index contributed by atoms with van der Waals surface area (Å²) in [5.41, 5.74) is 0.251. The van der Waals surface area contributed by atoms with E-state index in [0.29, 0.717) is 13.0 Å². The predicted octanol–water partition coefficient (Wildman–Crippen LogP) is -0.284. The number of rotatable bonds is 10. The fourth-order valence-electron chi connectivity index (χ4n) is 3.40. The van der Waals surface area contributed by atoms with Gasteiger partial charge in [-0.25, -0.2) is 4.39 Å². The molecule has 1 fully saturated rings. The first kappa shape index (κ1) is 27.7. The second-order valence-electron chi connectivity index (χ2n) is 7.71. The van der Waals surface area contributed by atoms with Crippen LogP contribution in [0.3, 0.4) is 0 Å². The predicted molar refractivity (Wildman–Crippen MR) is 111 cm³/mol. The Hall–Kier alpha value is -3.55. The molecule has 0 spiro atoms. The van der Waals surface area contributed by atoms with E-state index in [9.17, 15) is 41.5 Å². The lowest BCUT2D eigenvalue weighted by molar-refractivity contribution is -0.321. The molecule has 3 atom stereocenters. The van der Waals surface area contributed by atoms with Gasteiger partial charge in [-0.2, -0.15) is 0 Å². The summed E-state index contributed by atoms with van der Waals surface area (Å²) in [5, 5.41) is 8.97. The van der Waals surface area contributed by atoms with Crippen molar-refractivity contribution in [3.63, 3.8) is 0 Å². The Labute approximate surface area is 197 Å². The monoisotopic (exact) mass is 504 g/mol. The van der Waals surface area contributed by atoms with Crippen molar-refractivity contribution in [2.24, 2.45) is 5.92 Å². The molecule has 2 rings (SSSR count). The van der Waals surface area contributed by atoms with E-state index >= 15 is 0 Å². The van der Waals surface area contributed by atoms with Crippen molar-refractivity contribution in [2.75, 3.05) is 20.2 Å². The van der Waals surface area contributed by atoms with E-state index in [1.54, 1.807) is 0 Å². The van der Waals surface area contributed by atoms with Crippen LogP contribution in [0.15, 0.2) is 24.3 Å². The van der Waals surface area contributed by atoms with Crippen LogP contribution in [-0.2, 0) is 35.1 Å². The van der Waals surface area contributed by atoms with Crippen molar-refractivity contribution < 1.29 is 46.3 Å². The maximum Gasteiger partial charge on any atom is 0.522 e. The van der Waals surface area contributed by atoms with Crippen LogP contribution in [-0.4, -0.2) is 68.1 Å². The molecule has 0 aliphatic carbocycles. The molecule has 0 aromatic heterocycles. The van der Waals surface area contributed by atoms with E-state index in [1.807, 2.05) is 0 Å². The smallest absolute Gasteiger partial charge is 0.356 e. The largest absolute Gasteiger partial charge is 0.522 e. The molecule has 192 valence electrons. The van der Waals surface area contributed by atoms with Gasteiger partial charge in [-0.15, -0.1) is 13.2 Å². The molecular formula is C21H24F4N4O6. The quantitative estimate of drug-likeness (QED) is 0.255. The van der Waals surface area contributed by atoms with E-state index in [2.05, 4.69) is 26.0 Å². The van der Waals surface area contributed by atoms with Gasteiger partial charge in [-0.05, 0) is 30.5 Å². The Bertz CT molecular complexity index is 971. The minimum absolute atomic E-state index is 0.251. The number of amides is 4. The zero-order chi connectivity index (χ0) is 26.2. The summed E-state index contributed by atoms with van der Waals surface area (Å²) in [7, 11) is 1.17. The van der Waals surface area contributed by atoms with E-state index in [0.717, 1.165) is 12.1 Å². The molecule has 10 nitrogen and oxygen atoms in total. The first-order chi connectivity index (χ1) is 16.4. The maximum atomic E-state index is 13.6. The van der Waals surface area contributed by atoms with Crippen molar-refractivity contribution in [2.45, 2.75) is 37.7 Å². The standard InChI is InChI=1S/C21H24F4N4O6/c1-26-19(33)20(34)29-15(8-11-3-2-4-13(22)7-11)18(32)28-14(9-12-5-6-27-17(12)31)16(30)10-35-21(23,24)25/h2-4,7,12,14-15H,5-6,8-10H2,1H3,(H,26,33)(H,27,31)(H,28,32)(H,29,34)/t12-,14-,15-/m0/s1. The van der Waals surface area contributed by atoms with Crippen LogP contribution < -0.4 is 21.3 Å². The lowest BCUT2D eigenvalue weighted by Crippen LogP contribution is -2.55. The van der Waals surface area contributed by atoms with Gasteiger partial charge >= 0.3 is 18.2 Å². The van der Waals surface area contributed by atoms with Crippen LogP contribution in [0, 0.1) is 11.7 Å². The molecule has 4 amide bonds. The van der Waals surface area contributed by atoms with Crippen LogP contribution in [0.1, 0.15) is 18.4 Å². The minimum Gasteiger partial charge on any atom is -0.356 e. The van der Waals surface area contributed by atoms with Gasteiger partial charge in [-0.3, -0.25) is 28.7 Å². The Balaban J connectivity index is 2.23. The number of Topliss-reactive ketones (excluding diaryl/α,β-unsaturated/α-hetero) is 1. The number of carbonyl (C=O) groups is 5. The van der Waals surface area contributed by atoms with Crippen LogP contribution in [0.25, 0.3) is 0 Å². The summed E-state index contributed by atoms with van der Waals surface area (Å²) >= 11 is 0. The van der Waals surface area contributed by atoms with Crippen LogP contribution in [0.4, 0.5) is 17.6 Å². The lowest BCUT2D eigenvalue weighted by atomic mass is 9.95. The van der Waals surface area contributed by atoms with Gasteiger partial charge in [0.15, 0.2) is 5.78 Å². The Kier molecular flexibility index (Phi) is 9.68. The van der Waals surface area contributed by atoms with Gasteiger partial charge in [0.25, 0.3) is 0 Å². The van der Waals surface area contributed by atoms with Crippen molar-refractivity contribution in [1.82, 2.24) is 21.3 Å². The average Bonchev–Trinajstić information content (AvgIpc) is 3.19. The third-order valence-electron chi connectivity index (χ3n) is 5.15.